The van der Waals surface area contributed by atoms with Crippen molar-refractivity contribution in [2.24, 2.45) is 0 Å². The minimum absolute atomic E-state index is 0.0560. The van der Waals surface area contributed by atoms with E-state index in [1.807, 2.05) is 59.5 Å². The van der Waals surface area contributed by atoms with E-state index in [9.17, 15) is 4.79 Å². The minimum Gasteiger partial charge on any atom is -0.497 e. The molecule has 1 saturated heterocycles. The number of carbonyl (C=O) groups is 1. The molecular formula is C25H26N6O3. The number of piperazine rings is 1. The fourth-order valence-corrected chi connectivity index (χ4v) is 4.17. The van der Waals surface area contributed by atoms with Crippen LogP contribution in [0.3, 0.4) is 0 Å². The highest BCUT2D eigenvalue weighted by Crippen LogP contribution is 2.27. The van der Waals surface area contributed by atoms with Gasteiger partial charge < -0.3 is 19.3 Å². The van der Waals surface area contributed by atoms with E-state index in [1.54, 1.807) is 25.1 Å². The molecule has 9 heteroatoms. The molecule has 174 valence electrons. The average molecular weight is 459 g/mol. The van der Waals surface area contributed by atoms with Gasteiger partial charge in [-0.2, -0.15) is 5.10 Å². The fourth-order valence-electron chi connectivity index (χ4n) is 4.17. The van der Waals surface area contributed by atoms with Crippen LogP contribution in [0.2, 0.25) is 0 Å². The van der Waals surface area contributed by atoms with Crippen LogP contribution >= 0.6 is 0 Å². The van der Waals surface area contributed by atoms with Gasteiger partial charge in [-0.05, 0) is 36.4 Å². The van der Waals surface area contributed by atoms with Crippen molar-refractivity contribution >= 4 is 22.8 Å². The van der Waals surface area contributed by atoms with Gasteiger partial charge in [0.15, 0.2) is 11.5 Å². The number of fused-ring (bicyclic) bond motifs is 1. The van der Waals surface area contributed by atoms with Crippen molar-refractivity contribution in [3.63, 3.8) is 0 Å². The molecule has 3 heterocycles. The van der Waals surface area contributed by atoms with Crippen LogP contribution in [0.15, 0.2) is 60.8 Å². The lowest BCUT2D eigenvalue weighted by Gasteiger charge is -2.35. The van der Waals surface area contributed by atoms with Crippen LogP contribution in [0, 0.1) is 0 Å². The van der Waals surface area contributed by atoms with Crippen molar-refractivity contribution in [3.05, 3.63) is 72.2 Å². The molecule has 0 unspecified atom stereocenters. The number of carbonyl (C=O) groups excluding carboxylic acids is 1. The molecule has 0 N–H and O–H groups in total. The number of nitrogens with zero attached hydrogens (tertiary/aromatic N) is 6. The molecular weight excluding hydrogens is 432 g/mol. The predicted octanol–water partition coefficient (Wildman–Crippen LogP) is 2.93. The first-order valence-corrected chi connectivity index (χ1v) is 11.1. The van der Waals surface area contributed by atoms with E-state index < -0.39 is 0 Å². The Morgan fingerprint density at radius 3 is 2.35 bits per heavy atom. The second-order valence-corrected chi connectivity index (χ2v) is 8.03. The Hall–Kier alpha value is -3.98. The standard InChI is InChI=1S/C25H26N6O3/c1-33-17-22-27-23(29-12-14-30(15-13-29)25(32)18-6-4-3-5-7-18)21-16-26-31(24(21)28-22)19-8-10-20(34-2)11-9-19/h3-11,16H,12-15,17H2,1-2H3. The van der Waals surface area contributed by atoms with Gasteiger partial charge in [-0.15, -0.1) is 0 Å². The van der Waals surface area contributed by atoms with Crippen molar-refractivity contribution in [1.82, 2.24) is 24.6 Å². The van der Waals surface area contributed by atoms with Gasteiger partial charge in [-0.25, -0.2) is 14.6 Å². The molecule has 9 nitrogen and oxygen atoms in total. The summed E-state index contributed by atoms with van der Waals surface area (Å²) in [6.07, 6.45) is 1.80. The number of ether oxygens (including phenoxy) is 2. The van der Waals surface area contributed by atoms with Crippen LogP contribution in [0.5, 0.6) is 5.75 Å². The number of amides is 1. The average Bonchev–Trinajstić information content (AvgIpc) is 3.33. The summed E-state index contributed by atoms with van der Waals surface area (Å²) in [5, 5.41) is 5.46. The monoisotopic (exact) mass is 458 g/mol. The first-order chi connectivity index (χ1) is 16.7. The van der Waals surface area contributed by atoms with Crippen LogP contribution < -0.4 is 9.64 Å². The number of anilines is 1. The second kappa shape index (κ2) is 9.48. The summed E-state index contributed by atoms with van der Waals surface area (Å²) in [5.41, 5.74) is 2.30. The molecule has 0 radical (unpaired) electrons. The van der Waals surface area contributed by atoms with Gasteiger partial charge in [0, 0.05) is 38.9 Å². The summed E-state index contributed by atoms with van der Waals surface area (Å²) in [5.74, 6) is 2.23. The first-order valence-electron chi connectivity index (χ1n) is 11.1. The fraction of sp³-hybridized carbons (Fsp3) is 0.280. The molecule has 4 aromatic rings. The van der Waals surface area contributed by atoms with E-state index in [0.717, 1.165) is 22.6 Å². The van der Waals surface area contributed by atoms with Gasteiger partial charge in [-0.1, -0.05) is 18.2 Å². The van der Waals surface area contributed by atoms with Gasteiger partial charge >= 0.3 is 0 Å². The smallest absolute Gasteiger partial charge is 0.253 e. The highest BCUT2D eigenvalue weighted by Gasteiger charge is 2.25. The van der Waals surface area contributed by atoms with Gasteiger partial charge in [0.25, 0.3) is 5.91 Å². The third kappa shape index (κ3) is 4.17. The predicted molar refractivity (Wildman–Crippen MR) is 128 cm³/mol. The topological polar surface area (TPSA) is 85.6 Å². The maximum Gasteiger partial charge on any atom is 0.253 e. The summed E-state index contributed by atoms with van der Waals surface area (Å²) >= 11 is 0. The van der Waals surface area contributed by atoms with Crippen molar-refractivity contribution < 1.29 is 14.3 Å². The number of hydrogen-bond donors (Lipinski definition) is 0. The zero-order valence-electron chi connectivity index (χ0n) is 19.2. The Bertz CT molecular complexity index is 1280. The number of benzene rings is 2. The van der Waals surface area contributed by atoms with Crippen LogP contribution in [0.25, 0.3) is 16.7 Å². The molecule has 34 heavy (non-hydrogen) atoms. The van der Waals surface area contributed by atoms with Crippen molar-refractivity contribution in [2.45, 2.75) is 6.61 Å². The minimum atomic E-state index is 0.0560. The number of aromatic nitrogens is 4. The summed E-state index contributed by atoms with van der Waals surface area (Å²) in [4.78, 5) is 26.4. The van der Waals surface area contributed by atoms with Gasteiger partial charge in [0.2, 0.25) is 0 Å². The molecule has 0 atom stereocenters. The molecule has 2 aromatic carbocycles. The molecule has 5 rings (SSSR count). The van der Waals surface area contributed by atoms with Crippen molar-refractivity contribution in [1.29, 1.82) is 0 Å². The van der Waals surface area contributed by atoms with E-state index in [-0.39, 0.29) is 5.91 Å². The Labute approximate surface area is 197 Å². The second-order valence-electron chi connectivity index (χ2n) is 8.03. The number of methoxy groups -OCH3 is 2. The van der Waals surface area contributed by atoms with Crippen molar-refractivity contribution in [2.75, 3.05) is 45.3 Å². The summed E-state index contributed by atoms with van der Waals surface area (Å²) in [6.45, 7) is 2.87. The largest absolute Gasteiger partial charge is 0.497 e. The Morgan fingerprint density at radius 1 is 0.941 bits per heavy atom. The van der Waals surface area contributed by atoms with Crippen LogP contribution in [0.4, 0.5) is 5.82 Å². The molecule has 0 saturated carbocycles. The van der Waals surface area contributed by atoms with E-state index in [4.69, 9.17) is 19.4 Å². The van der Waals surface area contributed by atoms with E-state index in [1.165, 1.54) is 0 Å². The molecule has 1 fully saturated rings. The van der Waals surface area contributed by atoms with E-state index in [0.29, 0.717) is 49.8 Å². The van der Waals surface area contributed by atoms with Gasteiger partial charge in [0.1, 0.15) is 18.2 Å². The van der Waals surface area contributed by atoms with E-state index in [2.05, 4.69) is 10.00 Å². The lowest BCUT2D eigenvalue weighted by Crippen LogP contribution is -2.49. The Balaban J connectivity index is 1.44. The maximum atomic E-state index is 12.8. The highest BCUT2D eigenvalue weighted by atomic mass is 16.5. The van der Waals surface area contributed by atoms with Gasteiger partial charge in [-0.3, -0.25) is 4.79 Å². The van der Waals surface area contributed by atoms with Gasteiger partial charge in [0.05, 0.1) is 24.4 Å². The zero-order valence-corrected chi connectivity index (χ0v) is 19.2. The molecule has 0 aliphatic carbocycles. The molecule has 1 aliphatic heterocycles. The summed E-state index contributed by atoms with van der Waals surface area (Å²) in [6, 6.07) is 17.1. The molecule has 2 aromatic heterocycles. The molecule has 1 amide bonds. The Kier molecular flexibility index (Phi) is 6.09. The lowest BCUT2D eigenvalue weighted by molar-refractivity contribution is 0.0746. The zero-order chi connectivity index (χ0) is 23.5. The van der Waals surface area contributed by atoms with Crippen LogP contribution in [-0.2, 0) is 11.3 Å². The first kappa shape index (κ1) is 21.8. The summed E-state index contributed by atoms with van der Waals surface area (Å²) in [7, 11) is 3.27. The van der Waals surface area contributed by atoms with Crippen LogP contribution in [-0.4, -0.2) is 71.0 Å². The maximum absolute atomic E-state index is 12.8. The van der Waals surface area contributed by atoms with Crippen molar-refractivity contribution in [3.8, 4) is 11.4 Å². The van der Waals surface area contributed by atoms with Crippen LogP contribution in [0.1, 0.15) is 16.2 Å². The number of rotatable bonds is 6. The van der Waals surface area contributed by atoms with E-state index >= 15 is 0 Å². The quantitative estimate of drug-likeness (QED) is 0.439. The SMILES string of the molecule is COCc1nc(N2CCN(C(=O)c3ccccc3)CC2)c2cnn(-c3ccc(OC)cc3)c2n1. The normalized spacial score (nSPS) is 13.9. The highest BCUT2D eigenvalue weighted by molar-refractivity contribution is 5.94. The lowest BCUT2D eigenvalue weighted by atomic mass is 10.2. The molecule has 0 bridgehead atoms. The molecule has 1 aliphatic rings. The molecule has 0 spiro atoms. The third-order valence-corrected chi connectivity index (χ3v) is 5.93. The Morgan fingerprint density at radius 2 is 1.68 bits per heavy atom. The summed E-state index contributed by atoms with van der Waals surface area (Å²) < 4.78 is 12.4. The number of hydrogen-bond acceptors (Lipinski definition) is 7. The third-order valence-electron chi connectivity index (χ3n) is 5.93.